The van der Waals surface area contributed by atoms with Gasteiger partial charge in [0.2, 0.25) is 5.91 Å². The van der Waals surface area contributed by atoms with E-state index < -0.39 is 0 Å². The summed E-state index contributed by atoms with van der Waals surface area (Å²) in [6, 6.07) is -0.169. The summed E-state index contributed by atoms with van der Waals surface area (Å²) in [4.78, 5) is 15.9. The van der Waals surface area contributed by atoms with E-state index in [9.17, 15) is 4.79 Å². The molecule has 0 spiro atoms. The lowest BCUT2D eigenvalue weighted by atomic mass is 10.2. The number of aliphatic hydroxyl groups is 1. The molecule has 4 nitrogen and oxygen atoms in total. The third-order valence-electron chi connectivity index (χ3n) is 1.71. The lowest BCUT2D eigenvalue weighted by Crippen LogP contribution is -2.26. The molecule has 0 saturated heterocycles. The Bertz CT molecular complexity index is 298. The molecule has 0 aliphatic heterocycles. The van der Waals surface area contributed by atoms with Gasteiger partial charge in [-0.3, -0.25) is 9.78 Å². The molecular weight excluding hydrogens is 200 g/mol. The summed E-state index contributed by atoms with van der Waals surface area (Å²) >= 11 is 1.45. The van der Waals surface area contributed by atoms with Crippen LogP contribution < -0.4 is 5.32 Å². The Morgan fingerprint density at radius 1 is 1.86 bits per heavy atom. The van der Waals surface area contributed by atoms with Crippen molar-refractivity contribution in [2.45, 2.75) is 12.5 Å². The van der Waals surface area contributed by atoms with Gasteiger partial charge in [-0.25, -0.2) is 0 Å². The highest BCUT2D eigenvalue weighted by Crippen LogP contribution is 2.19. The summed E-state index contributed by atoms with van der Waals surface area (Å²) in [7, 11) is 0. The average molecular weight is 212 g/mol. The maximum atomic E-state index is 11.1. The molecule has 76 valence electrons. The van der Waals surface area contributed by atoms with E-state index in [0.717, 1.165) is 4.88 Å². The van der Waals surface area contributed by atoms with Crippen molar-refractivity contribution in [3.63, 3.8) is 0 Å². The molecule has 2 N–H and O–H groups in total. The number of thiazole rings is 1. The predicted octanol–water partition coefficient (Wildman–Crippen LogP) is 0.869. The van der Waals surface area contributed by atoms with Gasteiger partial charge in [-0.2, -0.15) is 0 Å². The SMILES string of the molecule is C=CC(=O)N[C@@H](CCO)c1cncs1. The maximum absolute atomic E-state index is 11.1. The van der Waals surface area contributed by atoms with Gasteiger partial charge in [-0.1, -0.05) is 6.58 Å². The Morgan fingerprint density at radius 2 is 2.64 bits per heavy atom. The van der Waals surface area contributed by atoms with Crippen molar-refractivity contribution >= 4 is 17.2 Å². The lowest BCUT2D eigenvalue weighted by Gasteiger charge is -2.14. The molecule has 0 aliphatic carbocycles. The second kappa shape index (κ2) is 5.51. The fraction of sp³-hybridized carbons (Fsp3) is 0.333. The first kappa shape index (κ1) is 10.9. The molecule has 0 saturated carbocycles. The molecular formula is C9H12N2O2S. The second-order valence-corrected chi connectivity index (χ2v) is 3.60. The molecule has 1 heterocycles. The molecule has 0 unspecified atom stereocenters. The summed E-state index contributed by atoms with van der Waals surface area (Å²) in [6.07, 6.45) is 3.39. The monoisotopic (exact) mass is 212 g/mol. The fourth-order valence-corrected chi connectivity index (χ4v) is 1.75. The Morgan fingerprint density at radius 3 is 3.14 bits per heavy atom. The van der Waals surface area contributed by atoms with Crippen molar-refractivity contribution in [3.05, 3.63) is 29.2 Å². The number of amides is 1. The third-order valence-corrected chi connectivity index (χ3v) is 2.60. The number of nitrogens with one attached hydrogen (secondary N) is 1. The van der Waals surface area contributed by atoms with Crippen LogP contribution in [0.3, 0.4) is 0 Å². The van der Waals surface area contributed by atoms with Crippen LogP contribution in [-0.2, 0) is 4.79 Å². The number of hydrogen-bond acceptors (Lipinski definition) is 4. The number of carbonyl (C=O) groups is 1. The van der Waals surface area contributed by atoms with E-state index in [1.807, 2.05) is 0 Å². The summed E-state index contributed by atoms with van der Waals surface area (Å²) < 4.78 is 0. The van der Waals surface area contributed by atoms with Crippen LogP contribution in [0.1, 0.15) is 17.3 Å². The Kier molecular flexibility index (Phi) is 4.28. The highest BCUT2D eigenvalue weighted by molar-refractivity contribution is 7.09. The molecule has 14 heavy (non-hydrogen) atoms. The van der Waals surface area contributed by atoms with Crippen LogP contribution in [0.4, 0.5) is 0 Å². The molecule has 1 aromatic rings. The van der Waals surface area contributed by atoms with E-state index in [1.54, 1.807) is 11.7 Å². The van der Waals surface area contributed by atoms with E-state index >= 15 is 0 Å². The van der Waals surface area contributed by atoms with E-state index in [4.69, 9.17) is 5.11 Å². The van der Waals surface area contributed by atoms with E-state index in [2.05, 4.69) is 16.9 Å². The van der Waals surface area contributed by atoms with E-state index in [1.165, 1.54) is 17.4 Å². The van der Waals surface area contributed by atoms with Crippen LogP contribution >= 0.6 is 11.3 Å². The summed E-state index contributed by atoms with van der Waals surface area (Å²) in [5.41, 5.74) is 1.69. The molecule has 1 aromatic heterocycles. The molecule has 0 fully saturated rings. The largest absolute Gasteiger partial charge is 0.396 e. The first-order chi connectivity index (χ1) is 6.77. The summed E-state index contributed by atoms with van der Waals surface area (Å²) in [5, 5.41) is 11.6. The van der Waals surface area contributed by atoms with Crippen LogP contribution in [0, 0.1) is 0 Å². The van der Waals surface area contributed by atoms with Gasteiger partial charge in [-0.05, 0) is 12.5 Å². The lowest BCUT2D eigenvalue weighted by molar-refractivity contribution is -0.117. The minimum atomic E-state index is -0.239. The Hall–Kier alpha value is -1.20. The van der Waals surface area contributed by atoms with Crippen molar-refractivity contribution in [3.8, 4) is 0 Å². The Labute approximate surface area is 86.3 Å². The standard InChI is InChI=1S/C9H12N2O2S/c1-2-9(13)11-7(3-4-12)8-5-10-6-14-8/h2,5-7,12H,1,3-4H2,(H,11,13)/t7-/m0/s1. The first-order valence-corrected chi connectivity index (χ1v) is 5.08. The highest BCUT2D eigenvalue weighted by Gasteiger charge is 2.13. The highest BCUT2D eigenvalue weighted by atomic mass is 32.1. The molecule has 1 amide bonds. The predicted molar refractivity (Wildman–Crippen MR) is 54.9 cm³/mol. The van der Waals surface area contributed by atoms with Crippen LogP contribution in [0.15, 0.2) is 24.4 Å². The molecule has 1 rings (SSSR count). The fourth-order valence-electron chi connectivity index (χ4n) is 1.04. The van der Waals surface area contributed by atoms with Gasteiger partial charge in [0.05, 0.1) is 11.6 Å². The van der Waals surface area contributed by atoms with Crippen LogP contribution in [0.2, 0.25) is 0 Å². The molecule has 0 radical (unpaired) electrons. The molecule has 0 aromatic carbocycles. The minimum absolute atomic E-state index is 0.0278. The topological polar surface area (TPSA) is 62.2 Å². The average Bonchev–Trinajstić information content (AvgIpc) is 2.69. The second-order valence-electron chi connectivity index (χ2n) is 2.68. The minimum Gasteiger partial charge on any atom is -0.396 e. The first-order valence-electron chi connectivity index (χ1n) is 4.20. The van der Waals surface area contributed by atoms with Gasteiger partial charge >= 0.3 is 0 Å². The van der Waals surface area contributed by atoms with Crippen molar-refractivity contribution in [1.29, 1.82) is 0 Å². The van der Waals surface area contributed by atoms with Crippen molar-refractivity contribution in [2.75, 3.05) is 6.61 Å². The smallest absolute Gasteiger partial charge is 0.243 e. The van der Waals surface area contributed by atoms with Gasteiger partial charge in [0.25, 0.3) is 0 Å². The number of rotatable bonds is 5. The van der Waals surface area contributed by atoms with Crippen molar-refractivity contribution < 1.29 is 9.90 Å². The van der Waals surface area contributed by atoms with Gasteiger partial charge < -0.3 is 10.4 Å². The van der Waals surface area contributed by atoms with Crippen molar-refractivity contribution in [2.24, 2.45) is 0 Å². The van der Waals surface area contributed by atoms with Crippen LogP contribution in [0.25, 0.3) is 0 Å². The number of carbonyl (C=O) groups excluding carboxylic acids is 1. The number of aromatic nitrogens is 1. The van der Waals surface area contributed by atoms with E-state index in [0.29, 0.717) is 6.42 Å². The zero-order valence-electron chi connectivity index (χ0n) is 7.64. The number of nitrogens with zero attached hydrogens (tertiary/aromatic N) is 1. The molecule has 1 atom stereocenters. The van der Waals surface area contributed by atoms with Gasteiger partial charge in [0.15, 0.2) is 0 Å². The number of hydrogen-bond donors (Lipinski definition) is 2. The summed E-state index contributed by atoms with van der Waals surface area (Å²) in [5.74, 6) is -0.239. The van der Waals surface area contributed by atoms with Crippen molar-refractivity contribution in [1.82, 2.24) is 10.3 Å². The van der Waals surface area contributed by atoms with Gasteiger partial charge in [0, 0.05) is 17.7 Å². The maximum Gasteiger partial charge on any atom is 0.243 e. The Balaban J connectivity index is 2.64. The molecule has 0 bridgehead atoms. The normalized spacial score (nSPS) is 12.1. The summed E-state index contributed by atoms with van der Waals surface area (Å²) in [6.45, 7) is 3.40. The van der Waals surface area contributed by atoms with Gasteiger partial charge in [0.1, 0.15) is 0 Å². The van der Waals surface area contributed by atoms with Crippen LogP contribution in [0.5, 0.6) is 0 Å². The zero-order valence-corrected chi connectivity index (χ0v) is 8.46. The van der Waals surface area contributed by atoms with Gasteiger partial charge in [-0.15, -0.1) is 11.3 Å². The van der Waals surface area contributed by atoms with E-state index in [-0.39, 0.29) is 18.6 Å². The van der Waals surface area contributed by atoms with Crippen LogP contribution in [-0.4, -0.2) is 22.6 Å². The third kappa shape index (κ3) is 2.93. The zero-order chi connectivity index (χ0) is 10.4. The molecule has 0 aliphatic rings. The quantitative estimate of drug-likeness (QED) is 0.712. The molecule has 5 heteroatoms. The number of aliphatic hydroxyl groups excluding tert-OH is 1.